The van der Waals surface area contributed by atoms with Crippen molar-refractivity contribution in [1.29, 1.82) is 0 Å². The lowest BCUT2D eigenvalue weighted by atomic mass is 10.1. The topological polar surface area (TPSA) is 77.5 Å². The summed E-state index contributed by atoms with van der Waals surface area (Å²) in [5.41, 5.74) is 5.48. The third kappa shape index (κ3) is 5.18. The number of nitrogens with zero attached hydrogens (tertiary/aromatic N) is 1. The van der Waals surface area contributed by atoms with E-state index in [1.165, 1.54) is 7.11 Å². The number of halogens is 1. The van der Waals surface area contributed by atoms with Gasteiger partial charge in [-0.3, -0.25) is 4.79 Å². The van der Waals surface area contributed by atoms with Crippen molar-refractivity contribution in [3.63, 3.8) is 0 Å². The van der Waals surface area contributed by atoms with E-state index in [1.807, 2.05) is 38.1 Å². The van der Waals surface area contributed by atoms with E-state index in [0.717, 1.165) is 16.7 Å². The van der Waals surface area contributed by atoms with Crippen LogP contribution >= 0.6 is 11.6 Å². The van der Waals surface area contributed by atoms with Crippen LogP contribution in [0.15, 0.2) is 66.7 Å². The molecular weight excluding hydrogens is 452 g/mol. The van der Waals surface area contributed by atoms with Crippen molar-refractivity contribution in [2.45, 2.75) is 13.8 Å². The Labute approximate surface area is 202 Å². The van der Waals surface area contributed by atoms with Crippen molar-refractivity contribution in [1.82, 2.24) is 4.98 Å². The van der Waals surface area contributed by atoms with Crippen LogP contribution in [0.25, 0.3) is 22.2 Å². The molecule has 0 saturated carbocycles. The van der Waals surface area contributed by atoms with Crippen molar-refractivity contribution >= 4 is 40.1 Å². The van der Waals surface area contributed by atoms with E-state index in [-0.39, 0.29) is 12.5 Å². The number of methoxy groups -OCH3 is 1. The summed E-state index contributed by atoms with van der Waals surface area (Å²) in [7, 11) is 1.30. The monoisotopic (exact) mass is 474 g/mol. The Kier molecular flexibility index (Phi) is 6.80. The number of rotatable bonds is 6. The van der Waals surface area contributed by atoms with Gasteiger partial charge in [0.05, 0.1) is 18.3 Å². The zero-order valence-corrected chi connectivity index (χ0v) is 19.8. The van der Waals surface area contributed by atoms with Gasteiger partial charge in [0, 0.05) is 33.3 Å². The highest BCUT2D eigenvalue weighted by molar-refractivity contribution is 6.30. The number of amides is 1. The molecule has 0 unspecified atom stereocenters. The first-order valence-corrected chi connectivity index (χ1v) is 11.0. The summed E-state index contributed by atoms with van der Waals surface area (Å²) in [6.07, 6.45) is 0. The average molecular weight is 475 g/mol. The molecule has 4 aromatic rings. The first-order chi connectivity index (χ1) is 16.3. The minimum absolute atomic E-state index is 0.217. The van der Waals surface area contributed by atoms with Gasteiger partial charge in [-0.1, -0.05) is 29.8 Å². The van der Waals surface area contributed by atoms with Gasteiger partial charge in [0.1, 0.15) is 5.75 Å². The molecule has 0 saturated heterocycles. The number of benzene rings is 3. The Hall–Kier alpha value is -3.90. The van der Waals surface area contributed by atoms with Crippen molar-refractivity contribution in [2.75, 3.05) is 19.0 Å². The number of hydrogen-bond donors (Lipinski definition) is 1. The Balaban J connectivity index is 1.71. The second-order valence-electron chi connectivity index (χ2n) is 7.86. The van der Waals surface area contributed by atoms with Crippen LogP contribution in [0.4, 0.5) is 5.69 Å². The lowest BCUT2D eigenvalue weighted by Gasteiger charge is -2.13. The molecule has 0 aliphatic rings. The Morgan fingerprint density at radius 1 is 0.941 bits per heavy atom. The highest BCUT2D eigenvalue weighted by Gasteiger charge is 2.13. The lowest BCUT2D eigenvalue weighted by Crippen LogP contribution is -2.13. The molecule has 172 valence electrons. The van der Waals surface area contributed by atoms with Crippen LogP contribution in [0.3, 0.4) is 0 Å². The first-order valence-electron chi connectivity index (χ1n) is 10.6. The zero-order valence-electron chi connectivity index (χ0n) is 19.0. The van der Waals surface area contributed by atoms with Crippen molar-refractivity contribution in [3.05, 3.63) is 88.4 Å². The maximum Gasteiger partial charge on any atom is 0.343 e. The molecule has 7 heteroatoms. The number of esters is 1. The SMILES string of the molecule is COC(=O)COc1cc(-c2ccc(Cl)cc2)nc2ccc(NC(=O)c3ccc(C)c(C)c3)cc12. The minimum Gasteiger partial charge on any atom is -0.481 e. The van der Waals surface area contributed by atoms with Gasteiger partial charge in [-0.15, -0.1) is 0 Å². The van der Waals surface area contributed by atoms with Crippen LogP contribution < -0.4 is 10.1 Å². The number of aryl methyl sites for hydroxylation is 2. The summed E-state index contributed by atoms with van der Waals surface area (Å²) in [6.45, 7) is 3.72. The van der Waals surface area contributed by atoms with Gasteiger partial charge >= 0.3 is 5.97 Å². The molecule has 0 radical (unpaired) electrons. The number of hydrogen-bond acceptors (Lipinski definition) is 5. The summed E-state index contributed by atoms with van der Waals surface area (Å²) < 4.78 is 10.5. The second kappa shape index (κ2) is 9.93. The largest absolute Gasteiger partial charge is 0.481 e. The summed E-state index contributed by atoms with van der Waals surface area (Å²) in [5.74, 6) is -0.273. The maximum atomic E-state index is 12.8. The van der Waals surface area contributed by atoms with E-state index in [2.05, 4.69) is 5.32 Å². The molecule has 1 heterocycles. The summed E-state index contributed by atoms with van der Waals surface area (Å²) in [6, 6.07) is 20.0. The van der Waals surface area contributed by atoms with Crippen LogP contribution in [-0.4, -0.2) is 30.6 Å². The van der Waals surface area contributed by atoms with Crippen molar-refractivity contribution < 1.29 is 19.1 Å². The van der Waals surface area contributed by atoms with E-state index in [4.69, 9.17) is 26.1 Å². The molecule has 0 aliphatic carbocycles. The Morgan fingerprint density at radius 3 is 2.41 bits per heavy atom. The molecule has 1 N–H and O–H groups in total. The summed E-state index contributed by atoms with van der Waals surface area (Å²) >= 11 is 6.01. The van der Waals surface area contributed by atoms with Crippen LogP contribution in [0, 0.1) is 13.8 Å². The predicted octanol–water partition coefficient (Wildman–Crippen LogP) is 5.98. The normalized spacial score (nSPS) is 10.7. The fraction of sp³-hybridized carbons (Fsp3) is 0.148. The Morgan fingerprint density at radius 2 is 1.71 bits per heavy atom. The number of carbonyl (C=O) groups excluding carboxylic acids is 2. The van der Waals surface area contributed by atoms with Crippen LogP contribution in [0.5, 0.6) is 5.75 Å². The highest BCUT2D eigenvalue weighted by Crippen LogP contribution is 2.32. The molecule has 6 nitrogen and oxygen atoms in total. The van der Waals surface area contributed by atoms with Crippen LogP contribution in [0.1, 0.15) is 21.5 Å². The zero-order chi connectivity index (χ0) is 24.2. The van der Waals surface area contributed by atoms with Gasteiger partial charge in [-0.25, -0.2) is 9.78 Å². The molecule has 1 amide bonds. The fourth-order valence-corrected chi connectivity index (χ4v) is 3.57. The third-order valence-electron chi connectivity index (χ3n) is 5.51. The number of fused-ring (bicyclic) bond motifs is 1. The number of ether oxygens (including phenoxy) is 2. The molecule has 0 spiro atoms. The standard InChI is InChI=1S/C27H23ClN2O4/c1-16-4-5-19(12-17(16)2)27(32)29-21-10-11-23-22(13-21)25(34-15-26(31)33-3)14-24(30-23)18-6-8-20(28)9-7-18/h4-14H,15H2,1-3H3,(H,29,32). The fourth-order valence-electron chi connectivity index (χ4n) is 3.44. The molecule has 0 bridgehead atoms. The van der Waals surface area contributed by atoms with Gasteiger partial charge in [0.15, 0.2) is 6.61 Å². The number of aromatic nitrogens is 1. The highest BCUT2D eigenvalue weighted by atomic mass is 35.5. The molecule has 3 aromatic carbocycles. The molecule has 0 fully saturated rings. The number of nitrogens with one attached hydrogen (secondary N) is 1. The van der Waals surface area contributed by atoms with E-state index in [9.17, 15) is 9.59 Å². The van der Waals surface area contributed by atoms with E-state index < -0.39 is 5.97 Å². The average Bonchev–Trinajstić information content (AvgIpc) is 2.84. The van der Waals surface area contributed by atoms with Gasteiger partial charge < -0.3 is 14.8 Å². The first kappa shape index (κ1) is 23.3. The molecule has 0 aliphatic heterocycles. The van der Waals surface area contributed by atoms with Crippen LogP contribution in [0.2, 0.25) is 5.02 Å². The summed E-state index contributed by atoms with van der Waals surface area (Å²) in [4.78, 5) is 29.2. The van der Waals surface area contributed by atoms with Crippen molar-refractivity contribution in [3.8, 4) is 17.0 Å². The smallest absolute Gasteiger partial charge is 0.343 e. The van der Waals surface area contributed by atoms with Gasteiger partial charge in [-0.05, 0) is 67.4 Å². The van der Waals surface area contributed by atoms with Crippen molar-refractivity contribution in [2.24, 2.45) is 0 Å². The van der Waals surface area contributed by atoms with Gasteiger partial charge in [-0.2, -0.15) is 0 Å². The van der Waals surface area contributed by atoms with E-state index in [0.29, 0.717) is 38.6 Å². The Bertz CT molecular complexity index is 1380. The molecule has 1 aromatic heterocycles. The molecule has 4 rings (SSSR count). The lowest BCUT2D eigenvalue weighted by molar-refractivity contribution is -0.142. The second-order valence-corrected chi connectivity index (χ2v) is 8.30. The maximum absolute atomic E-state index is 12.8. The molecule has 34 heavy (non-hydrogen) atoms. The molecular formula is C27H23ClN2O4. The molecule has 0 atom stereocenters. The predicted molar refractivity (Wildman–Crippen MR) is 134 cm³/mol. The van der Waals surface area contributed by atoms with Gasteiger partial charge in [0.2, 0.25) is 0 Å². The number of carbonyl (C=O) groups is 2. The quantitative estimate of drug-likeness (QED) is 0.348. The van der Waals surface area contributed by atoms with E-state index >= 15 is 0 Å². The van der Waals surface area contributed by atoms with Crippen LogP contribution in [-0.2, 0) is 9.53 Å². The number of pyridine rings is 1. The number of anilines is 1. The van der Waals surface area contributed by atoms with E-state index in [1.54, 1.807) is 42.5 Å². The third-order valence-corrected chi connectivity index (χ3v) is 5.76. The summed E-state index contributed by atoms with van der Waals surface area (Å²) in [5, 5.41) is 4.20. The van der Waals surface area contributed by atoms with Gasteiger partial charge in [0.25, 0.3) is 5.91 Å². The minimum atomic E-state index is -0.503.